The molecule has 0 aromatic heterocycles. The monoisotopic (exact) mass is 322 g/mol. The van der Waals surface area contributed by atoms with Gasteiger partial charge < -0.3 is 10.2 Å². The number of nitriles is 1. The molecule has 1 aliphatic carbocycles. The summed E-state index contributed by atoms with van der Waals surface area (Å²) in [4.78, 5) is 2.68. The minimum absolute atomic E-state index is 0.0449. The Bertz CT molecular complexity index is 721. The predicted octanol–water partition coefficient (Wildman–Crippen LogP) is 3.22. The Labute approximate surface area is 142 Å². The van der Waals surface area contributed by atoms with Gasteiger partial charge in [-0.15, -0.1) is 0 Å². The molecule has 1 aliphatic heterocycles. The minimum atomic E-state index is -0.192. The number of phenols is 2. The van der Waals surface area contributed by atoms with Crippen molar-refractivity contribution in [2.45, 2.75) is 31.7 Å². The van der Waals surface area contributed by atoms with E-state index in [0.29, 0.717) is 0 Å². The third-order valence-corrected chi connectivity index (χ3v) is 4.79. The number of hydrogen-bond acceptors (Lipinski definition) is 4. The molecule has 0 saturated carbocycles. The van der Waals surface area contributed by atoms with Crippen LogP contribution >= 0.6 is 0 Å². The van der Waals surface area contributed by atoms with Crippen molar-refractivity contribution in [3.8, 4) is 17.6 Å². The Kier molecular flexibility index (Phi) is 5.02. The van der Waals surface area contributed by atoms with Crippen LogP contribution in [0.4, 0.5) is 0 Å². The summed E-state index contributed by atoms with van der Waals surface area (Å²) in [6, 6.07) is 15.3. The summed E-state index contributed by atoms with van der Waals surface area (Å²) in [5.41, 5.74) is 3.34. The van der Waals surface area contributed by atoms with Gasteiger partial charge in [-0.05, 0) is 62.0 Å². The Hall–Kier alpha value is -2.51. The van der Waals surface area contributed by atoms with Crippen LogP contribution in [0.25, 0.3) is 0 Å². The first-order chi connectivity index (χ1) is 11.7. The lowest BCUT2D eigenvalue weighted by atomic mass is 10.1. The minimum Gasteiger partial charge on any atom is -0.508 e. The van der Waals surface area contributed by atoms with Crippen LogP contribution in [0.1, 0.15) is 29.5 Å². The third-order valence-electron chi connectivity index (χ3n) is 4.79. The van der Waals surface area contributed by atoms with Gasteiger partial charge in [-0.3, -0.25) is 4.90 Å². The third kappa shape index (κ3) is 3.69. The van der Waals surface area contributed by atoms with Gasteiger partial charge in [0.25, 0.3) is 0 Å². The second kappa shape index (κ2) is 7.37. The van der Waals surface area contributed by atoms with Crippen molar-refractivity contribution < 1.29 is 10.2 Å². The molecule has 4 heteroatoms. The first-order valence-electron chi connectivity index (χ1n) is 8.40. The largest absolute Gasteiger partial charge is 0.508 e. The lowest BCUT2D eigenvalue weighted by Gasteiger charge is -2.22. The van der Waals surface area contributed by atoms with Crippen LogP contribution < -0.4 is 0 Å². The molecule has 0 radical (unpaired) electrons. The van der Waals surface area contributed by atoms with Gasteiger partial charge in [0.05, 0.1) is 5.56 Å². The molecule has 4 nitrogen and oxygen atoms in total. The van der Waals surface area contributed by atoms with Crippen molar-refractivity contribution in [1.82, 2.24) is 4.90 Å². The van der Waals surface area contributed by atoms with Crippen LogP contribution in [0, 0.1) is 11.3 Å². The molecule has 2 aliphatic rings. The lowest BCUT2D eigenvalue weighted by Crippen LogP contribution is -2.33. The number of aromatic hydroxyl groups is 2. The number of phenolic OH excluding ortho intramolecular Hbond substituents is 2. The number of rotatable bonds is 1. The van der Waals surface area contributed by atoms with E-state index in [0.717, 1.165) is 12.1 Å². The Morgan fingerprint density at radius 1 is 0.958 bits per heavy atom. The van der Waals surface area contributed by atoms with Gasteiger partial charge in [-0.1, -0.05) is 24.3 Å². The molecule has 0 amide bonds. The van der Waals surface area contributed by atoms with Gasteiger partial charge in [-0.2, -0.15) is 5.26 Å². The molecule has 2 aromatic rings. The van der Waals surface area contributed by atoms with Crippen molar-refractivity contribution in [3.63, 3.8) is 0 Å². The lowest BCUT2D eigenvalue weighted by molar-refractivity contribution is 0.250. The molecule has 0 atom stereocenters. The van der Waals surface area contributed by atoms with E-state index in [2.05, 4.69) is 29.2 Å². The summed E-state index contributed by atoms with van der Waals surface area (Å²) in [6.07, 6.45) is 5.39. The maximum Gasteiger partial charge on any atom is 0.137 e. The molecule has 0 spiro atoms. The van der Waals surface area contributed by atoms with Gasteiger partial charge in [0.2, 0.25) is 0 Å². The fourth-order valence-electron chi connectivity index (χ4n) is 3.52. The van der Waals surface area contributed by atoms with Crippen LogP contribution in [0.15, 0.2) is 42.5 Å². The second-order valence-electron chi connectivity index (χ2n) is 6.39. The highest BCUT2D eigenvalue weighted by Crippen LogP contribution is 2.27. The average molecular weight is 322 g/mol. The molecule has 0 unspecified atom stereocenters. The number of hydrogen-bond donors (Lipinski definition) is 2. The van der Waals surface area contributed by atoms with Gasteiger partial charge in [0, 0.05) is 12.1 Å². The maximum absolute atomic E-state index is 8.91. The van der Waals surface area contributed by atoms with Gasteiger partial charge in [0.15, 0.2) is 0 Å². The Morgan fingerprint density at radius 2 is 1.58 bits per heavy atom. The van der Waals surface area contributed by atoms with Crippen LogP contribution in [0.2, 0.25) is 0 Å². The Morgan fingerprint density at radius 3 is 2.12 bits per heavy atom. The average Bonchev–Trinajstić information content (AvgIpc) is 3.24. The van der Waals surface area contributed by atoms with E-state index in [1.807, 2.05) is 0 Å². The normalized spacial score (nSPS) is 17.0. The standard InChI is InChI=1S/C13H17N.C7H5NO2/c1-2-6-12-10-13(9-11(12)5-1)14-7-3-4-8-14;8-4-5-1-2-6(9)3-7(5)10/h1-2,5-6,13H,3-4,7-10H2;1-3,9-10H. The number of benzene rings is 2. The van der Waals surface area contributed by atoms with Gasteiger partial charge in [-0.25, -0.2) is 0 Å². The maximum atomic E-state index is 8.91. The number of likely N-dealkylation sites (tertiary alicyclic amines) is 1. The van der Waals surface area contributed by atoms with Gasteiger partial charge >= 0.3 is 0 Å². The van der Waals surface area contributed by atoms with Crippen molar-refractivity contribution in [3.05, 3.63) is 59.2 Å². The SMILES string of the molecule is N#Cc1ccc(O)cc1O.c1ccc2c(c1)CC(N1CCCC1)C2. The summed E-state index contributed by atoms with van der Waals surface area (Å²) < 4.78 is 0. The molecule has 0 bridgehead atoms. The summed E-state index contributed by atoms with van der Waals surface area (Å²) in [5.74, 6) is -0.237. The predicted molar refractivity (Wildman–Crippen MR) is 92.9 cm³/mol. The fraction of sp³-hybridized carbons (Fsp3) is 0.350. The number of nitrogens with zero attached hydrogens (tertiary/aromatic N) is 2. The van der Waals surface area contributed by atoms with E-state index in [1.165, 1.54) is 50.9 Å². The smallest absolute Gasteiger partial charge is 0.137 e. The summed E-state index contributed by atoms with van der Waals surface area (Å²) in [7, 11) is 0. The molecule has 2 N–H and O–H groups in total. The van der Waals surface area contributed by atoms with E-state index < -0.39 is 0 Å². The molecule has 4 rings (SSSR count). The molecule has 1 heterocycles. The zero-order valence-corrected chi connectivity index (χ0v) is 13.7. The van der Waals surface area contributed by atoms with Crippen LogP contribution in [0.3, 0.4) is 0 Å². The topological polar surface area (TPSA) is 67.5 Å². The fourth-order valence-corrected chi connectivity index (χ4v) is 3.52. The molecular formula is C20H22N2O2. The molecule has 24 heavy (non-hydrogen) atoms. The summed E-state index contributed by atoms with van der Waals surface area (Å²) in [6.45, 7) is 2.66. The molecule has 124 valence electrons. The van der Waals surface area contributed by atoms with Crippen molar-refractivity contribution in [2.24, 2.45) is 0 Å². The zero-order valence-electron chi connectivity index (χ0n) is 13.7. The van der Waals surface area contributed by atoms with E-state index >= 15 is 0 Å². The first kappa shape index (κ1) is 16.4. The van der Waals surface area contributed by atoms with Gasteiger partial charge in [0.1, 0.15) is 17.6 Å². The first-order valence-corrected chi connectivity index (χ1v) is 8.40. The molecule has 1 fully saturated rings. The molecular weight excluding hydrogens is 300 g/mol. The highest BCUT2D eigenvalue weighted by molar-refractivity contribution is 5.45. The summed E-state index contributed by atoms with van der Waals surface area (Å²) >= 11 is 0. The highest BCUT2D eigenvalue weighted by atomic mass is 16.3. The van der Waals surface area contributed by atoms with Crippen molar-refractivity contribution in [1.29, 1.82) is 5.26 Å². The quantitative estimate of drug-likeness (QED) is 0.846. The number of fused-ring (bicyclic) bond motifs is 1. The van der Waals surface area contributed by atoms with Crippen molar-refractivity contribution >= 4 is 0 Å². The highest BCUT2D eigenvalue weighted by Gasteiger charge is 2.27. The van der Waals surface area contributed by atoms with Crippen molar-refractivity contribution in [2.75, 3.05) is 13.1 Å². The van der Waals surface area contributed by atoms with Crippen LogP contribution in [-0.4, -0.2) is 34.2 Å². The molecule has 2 aromatic carbocycles. The van der Waals surface area contributed by atoms with Crippen LogP contribution in [0.5, 0.6) is 11.5 Å². The summed E-state index contributed by atoms with van der Waals surface area (Å²) in [5, 5.41) is 26.0. The van der Waals surface area contributed by atoms with E-state index in [9.17, 15) is 0 Å². The van der Waals surface area contributed by atoms with E-state index in [-0.39, 0.29) is 17.1 Å². The second-order valence-corrected chi connectivity index (χ2v) is 6.39. The van der Waals surface area contributed by atoms with Crippen LogP contribution in [-0.2, 0) is 12.8 Å². The Balaban J connectivity index is 0.000000150. The van der Waals surface area contributed by atoms with E-state index in [1.54, 1.807) is 17.2 Å². The zero-order chi connectivity index (χ0) is 16.9. The molecule has 1 saturated heterocycles. The van der Waals surface area contributed by atoms with E-state index in [4.69, 9.17) is 15.5 Å².